The van der Waals surface area contributed by atoms with Crippen molar-refractivity contribution in [2.24, 2.45) is 0 Å². The van der Waals surface area contributed by atoms with Crippen molar-refractivity contribution in [1.29, 1.82) is 0 Å². The monoisotopic (exact) mass is 326 g/mol. The van der Waals surface area contributed by atoms with Crippen molar-refractivity contribution < 1.29 is 17.9 Å². The predicted molar refractivity (Wildman–Crippen MR) is 71.3 cm³/mol. The highest BCUT2D eigenvalue weighted by molar-refractivity contribution is 7.90. The molecule has 0 aliphatic carbocycles. The summed E-state index contributed by atoms with van der Waals surface area (Å²) < 4.78 is 35.8. The van der Waals surface area contributed by atoms with Gasteiger partial charge < -0.3 is 9.47 Å². The molecule has 19 heavy (non-hydrogen) atoms. The number of nitrogens with one attached hydrogen (secondary N) is 1. The Balaban J connectivity index is 1.77. The molecule has 0 spiro atoms. The van der Waals surface area contributed by atoms with E-state index in [9.17, 15) is 8.42 Å². The van der Waals surface area contributed by atoms with E-state index in [0.29, 0.717) is 5.02 Å². The van der Waals surface area contributed by atoms with Crippen molar-refractivity contribution in [2.75, 3.05) is 26.4 Å². The fourth-order valence-corrected chi connectivity index (χ4v) is 2.94. The van der Waals surface area contributed by atoms with Gasteiger partial charge in [-0.2, -0.15) is 0 Å². The Morgan fingerprint density at radius 1 is 1.47 bits per heavy atom. The van der Waals surface area contributed by atoms with Crippen LogP contribution in [0.5, 0.6) is 5.88 Å². The molecule has 9 heteroatoms. The molecule has 0 atom stereocenters. The summed E-state index contributed by atoms with van der Waals surface area (Å²) in [6, 6.07) is 1.50. The van der Waals surface area contributed by atoms with Crippen LogP contribution in [0.25, 0.3) is 0 Å². The van der Waals surface area contributed by atoms with Gasteiger partial charge in [0.1, 0.15) is 16.9 Å². The molecule has 2 heterocycles. The van der Waals surface area contributed by atoms with E-state index in [-0.39, 0.29) is 37.3 Å². The minimum absolute atomic E-state index is 0.126. The number of pyridine rings is 1. The number of ether oxygens (including phenoxy) is 2. The minimum Gasteiger partial charge on any atom is -0.475 e. The maximum absolute atomic E-state index is 11.6. The van der Waals surface area contributed by atoms with Gasteiger partial charge in [-0.15, -0.1) is 0 Å². The molecule has 0 bridgehead atoms. The van der Waals surface area contributed by atoms with Gasteiger partial charge in [-0.1, -0.05) is 23.2 Å². The van der Waals surface area contributed by atoms with Crippen molar-refractivity contribution in [3.8, 4) is 5.88 Å². The molecule has 2 rings (SSSR count). The lowest BCUT2D eigenvalue weighted by Gasteiger charge is -2.25. The molecule has 1 saturated heterocycles. The normalized spacial score (nSPS) is 16.1. The molecule has 1 N–H and O–H groups in total. The molecule has 0 unspecified atom stereocenters. The largest absolute Gasteiger partial charge is 0.475 e. The average Bonchev–Trinajstić information content (AvgIpc) is 2.23. The Morgan fingerprint density at radius 2 is 2.21 bits per heavy atom. The second-order valence-electron chi connectivity index (χ2n) is 3.89. The molecule has 0 saturated carbocycles. The smallest absolute Gasteiger partial charge is 0.232 e. The first-order chi connectivity index (χ1) is 8.99. The number of aromatic nitrogens is 1. The van der Waals surface area contributed by atoms with Crippen LogP contribution in [-0.4, -0.2) is 45.0 Å². The van der Waals surface area contributed by atoms with Crippen LogP contribution in [0.3, 0.4) is 0 Å². The van der Waals surface area contributed by atoms with Gasteiger partial charge in [-0.25, -0.2) is 18.1 Å². The Morgan fingerprint density at radius 3 is 2.79 bits per heavy atom. The quantitative estimate of drug-likeness (QED) is 0.792. The van der Waals surface area contributed by atoms with E-state index in [4.69, 9.17) is 32.7 Å². The van der Waals surface area contributed by atoms with Gasteiger partial charge >= 0.3 is 0 Å². The number of rotatable bonds is 6. The Kier molecular flexibility index (Phi) is 4.86. The minimum atomic E-state index is -3.32. The van der Waals surface area contributed by atoms with Crippen LogP contribution < -0.4 is 9.46 Å². The molecule has 1 fully saturated rings. The maximum atomic E-state index is 11.6. The van der Waals surface area contributed by atoms with Crippen LogP contribution in [-0.2, 0) is 14.8 Å². The maximum Gasteiger partial charge on any atom is 0.232 e. The highest BCUT2D eigenvalue weighted by Gasteiger charge is 2.31. The first-order valence-electron chi connectivity index (χ1n) is 5.49. The van der Waals surface area contributed by atoms with Crippen molar-refractivity contribution in [3.05, 3.63) is 22.3 Å². The molecule has 0 radical (unpaired) electrons. The van der Waals surface area contributed by atoms with Gasteiger partial charge in [0.25, 0.3) is 0 Å². The van der Waals surface area contributed by atoms with Gasteiger partial charge in [0.05, 0.1) is 18.2 Å². The summed E-state index contributed by atoms with van der Waals surface area (Å²) in [6.45, 7) is 0.738. The van der Waals surface area contributed by atoms with Gasteiger partial charge in [-0.3, -0.25) is 0 Å². The third-order valence-corrected chi connectivity index (χ3v) is 4.70. The molecule has 1 aliphatic heterocycles. The van der Waals surface area contributed by atoms with E-state index in [1.807, 2.05) is 0 Å². The summed E-state index contributed by atoms with van der Waals surface area (Å²) in [5.41, 5.74) is 0. The van der Waals surface area contributed by atoms with Gasteiger partial charge in [0, 0.05) is 12.7 Å². The second kappa shape index (κ2) is 6.23. The first-order valence-corrected chi connectivity index (χ1v) is 7.79. The topological polar surface area (TPSA) is 77.5 Å². The van der Waals surface area contributed by atoms with Crippen LogP contribution in [0, 0.1) is 0 Å². The van der Waals surface area contributed by atoms with E-state index in [2.05, 4.69) is 9.71 Å². The van der Waals surface area contributed by atoms with Crippen LogP contribution in [0.15, 0.2) is 12.3 Å². The van der Waals surface area contributed by atoms with Gasteiger partial charge in [0.2, 0.25) is 15.9 Å². The van der Waals surface area contributed by atoms with E-state index in [1.165, 1.54) is 12.3 Å². The third-order valence-electron chi connectivity index (χ3n) is 2.46. The lowest BCUT2D eigenvalue weighted by atomic mass is 10.4. The SMILES string of the molecule is O=S(=O)(NCCOc1ncc(Cl)cc1Cl)C1COC1. The second-order valence-corrected chi connectivity index (χ2v) is 6.78. The van der Waals surface area contributed by atoms with E-state index < -0.39 is 15.3 Å². The van der Waals surface area contributed by atoms with Crippen LogP contribution in [0.2, 0.25) is 10.0 Å². The van der Waals surface area contributed by atoms with Gasteiger partial charge in [0.15, 0.2) is 0 Å². The molecule has 0 amide bonds. The fraction of sp³-hybridized carbons (Fsp3) is 0.500. The Hall–Kier alpha value is -0.600. The summed E-state index contributed by atoms with van der Waals surface area (Å²) in [6.07, 6.45) is 1.40. The first kappa shape index (κ1) is 14.8. The highest BCUT2D eigenvalue weighted by Crippen LogP contribution is 2.24. The van der Waals surface area contributed by atoms with Crippen LogP contribution in [0.1, 0.15) is 0 Å². The number of hydrogen-bond acceptors (Lipinski definition) is 5. The van der Waals surface area contributed by atoms with E-state index in [1.54, 1.807) is 0 Å². The molecule has 1 aliphatic rings. The summed E-state index contributed by atoms with van der Waals surface area (Å²) in [5.74, 6) is 0.220. The lowest BCUT2D eigenvalue weighted by molar-refractivity contribution is 0.0411. The number of nitrogens with zero attached hydrogens (tertiary/aromatic N) is 1. The Labute approximate surface area is 121 Å². The zero-order valence-electron chi connectivity index (χ0n) is 9.80. The summed E-state index contributed by atoms with van der Waals surface area (Å²) >= 11 is 11.5. The number of hydrogen-bond donors (Lipinski definition) is 1. The van der Waals surface area contributed by atoms with Crippen LogP contribution >= 0.6 is 23.2 Å². The lowest BCUT2D eigenvalue weighted by Crippen LogP contribution is -2.47. The molecule has 1 aromatic rings. The zero-order valence-corrected chi connectivity index (χ0v) is 12.1. The van der Waals surface area contributed by atoms with Crippen molar-refractivity contribution in [2.45, 2.75) is 5.25 Å². The summed E-state index contributed by atoms with van der Waals surface area (Å²) in [7, 11) is -3.32. The number of halogens is 2. The molecule has 1 aromatic heterocycles. The summed E-state index contributed by atoms with van der Waals surface area (Å²) in [5, 5.41) is 0.218. The van der Waals surface area contributed by atoms with Crippen molar-refractivity contribution in [1.82, 2.24) is 9.71 Å². The van der Waals surface area contributed by atoms with Gasteiger partial charge in [-0.05, 0) is 6.07 Å². The van der Waals surface area contributed by atoms with Crippen molar-refractivity contribution in [3.63, 3.8) is 0 Å². The molecular weight excluding hydrogens is 315 g/mol. The molecule has 6 nitrogen and oxygen atoms in total. The third kappa shape index (κ3) is 3.93. The molecular formula is C10H12Cl2N2O4S. The standard InChI is InChI=1S/C10H12Cl2N2O4S/c11-7-3-9(12)10(13-4-7)18-2-1-14-19(15,16)8-5-17-6-8/h3-4,8,14H,1-2,5-6H2. The zero-order chi connectivity index (χ0) is 13.9. The highest BCUT2D eigenvalue weighted by atomic mass is 35.5. The van der Waals surface area contributed by atoms with Crippen molar-refractivity contribution >= 4 is 33.2 Å². The van der Waals surface area contributed by atoms with Crippen LogP contribution in [0.4, 0.5) is 0 Å². The molecule has 106 valence electrons. The van der Waals surface area contributed by atoms with E-state index >= 15 is 0 Å². The van der Waals surface area contributed by atoms with E-state index in [0.717, 1.165) is 0 Å². The Bertz CT molecular complexity index is 548. The average molecular weight is 327 g/mol. The predicted octanol–water partition coefficient (Wildman–Crippen LogP) is 1.09. The number of sulfonamides is 1. The fourth-order valence-electron chi connectivity index (χ4n) is 1.35. The summed E-state index contributed by atoms with van der Waals surface area (Å²) in [4.78, 5) is 3.89. The molecule has 0 aromatic carbocycles.